The van der Waals surface area contributed by atoms with Crippen molar-refractivity contribution in [2.75, 3.05) is 0 Å². The second kappa shape index (κ2) is 8.13. The van der Waals surface area contributed by atoms with E-state index in [-0.39, 0.29) is 24.4 Å². The van der Waals surface area contributed by atoms with E-state index in [0.717, 1.165) is 47.2 Å². The number of alkyl halides is 3. The highest BCUT2D eigenvalue weighted by molar-refractivity contribution is 6.15. The van der Waals surface area contributed by atoms with Gasteiger partial charge in [-0.25, -0.2) is 0 Å². The quantitative estimate of drug-likeness (QED) is 0.608. The summed E-state index contributed by atoms with van der Waals surface area (Å²) in [6, 6.07) is 9.07. The maximum Gasteiger partial charge on any atom is 0.416 e. The molecule has 0 aliphatic heterocycles. The van der Waals surface area contributed by atoms with Crippen LogP contribution >= 0.6 is 0 Å². The molecule has 0 radical (unpaired) electrons. The molecule has 0 aromatic heterocycles. The van der Waals surface area contributed by atoms with Crippen molar-refractivity contribution in [2.45, 2.75) is 58.5 Å². The Morgan fingerprint density at radius 2 is 1.62 bits per heavy atom. The van der Waals surface area contributed by atoms with Gasteiger partial charge in [0.05, 0.1) is 5.56 Å². The summed E-state index contributed by atoms with van der Waals surface area (Å²) in [5.74, 6) is -1.66. The Bertz CT molecular complexity index is 918. The number of benzene rings is 2. The lowest BCUT2D eigenvalue weighted by Gasteiger charge is -2.19. The van der Waals surface area contributed by atoms with Gasteiger partial charge in [0.15, 0.2) is 5.78 Å². The number of hydrogen-bond donors (Lipinski definition) is 0. The third-order valence-electron chi connectivity index (χ3n) is 5.74. The molecule has 0 bridgehead atoms. The summed E-state index contributed by atoms with van der Waals surface area (Å²) in [7, 11) is 0. The van der Waals surface area contributed by atoms with Crippen LogP contribution in [0.15, 0.2) is 36.4 Å². The third kappa shape index (κ3) is 4.29. The Labute approximate surface area is 169 Å². The van der Waals surface area contributed by atoms with Gasteiger partial charge in [-0.3, -0.25) is 9.59 Å². The first-order valence-corrected chi connectivity index (χ1v) is 10.0. The van der Waals surface area contributed by atoms with E-state index in [9.17, 15) is 22.8 Å². The fourth-order valence-corrected chi connectivity index (χ4v) is 4.40. The van der Waals surface area contributed by atoms with Crippen LogP contribution < -0.4 is 0 Å². The predicted molar refractivity (Wildman–Crippen MR) is 106 cm³/mol. The molecular weight excluding hydrogens is 377 g/mol. The number of aryl methyl sites for hydroxylation is 3. The van der Waals surface area contributed by atoms with E-state index in [1.54, 1.807) is 6.07 Å². The summed E-state index contributed by atoms with van der Waals surface area (Å²) in [6.07, 6.45) is -2.75. The van der Waals surface area contributed by atoms with Gasteiger partial charge in [-0.05, 0) is 54.5 Å². The van der Waals surface area contributed by atoms with Gasteiger partial charge in [0.25, 0.3) is 0 Å². The second-order valence-corrected chi connectivity index (χ2v) is 7.81. The molecule has 2 aromatic carbocycles. The maximum atomic E-state index is 13.2. The van der Waals surface area contributed by atoms with Gasteiger partial charge in [0.1, 0.15) is 11.7 Å². The number of ketones is 2. The Hall–Kier alpha value is -2.43. The second-order valence-electron chi connectivity index (χ2n) is 7.81. The summed E-state index contributed by atoms with van der Waals surface area (Å²) in [5.41, 5.74) is 3.63. The Morgan fingerprint density at radius 3 is 2.17 bits per heavy atom. The van der Waals surface area contributed by atoms with Crippen LogP contribution in [-0.4, -0.2) is 11.6 Å². The van der Waals surface area contributed by atoms with Crippen molar-refractivity contribution in [1.29, 1.82) is 0 Å². The van der Waals surface area contributed by atoms with Crippen LogP contribution in [0.5, 0.6) is 0 Å². The molecule has 0 saturated heterocycles. The van der Waals surface area contributed by atoms with Crippen molar-refractivity contribution in [1.82, 2.24) is 0 Å². The third-order valence-corrected chi connectivity index (χ3v) is 5.74. The van der Waals surface area contributed by atoms with Crippen molar-refractivity contribution in [3.63, 3.8) is 0 Å². The number of rotatable bonds is 5. The van der Waals surface area contributed by atoms with Gasteiger partial charge in [-0.1, -0.05) is 49.7 Å². The first-order valence-electron chi connectivity index (χ1n) is 10.0. The van der Waals surface area contributed by atoms with Gasteiger partial charge in [-0.15, -0.1) is 0 Å². The lowest BCUT2D eigenvalue weighted by molar-refractivity contribution is -0.137. The van der Waals surface area contributed by atoms with E-state index in [2.05, 4.69) is 0 Å². The molecule has 2 aromatic rings. The maximum absolute atomic E-state index is 13.2. The van der Waals surface area contributed by atoms with Gasteiger partial charge < -0.3 is 0 Å². The van der Waals surface area contributed by atoms with Crippen molar-refractivity contribution in [2.24, 2.45) is 5.92 Å². The molecule has 0 spiro atoms. The average molecular weight is 402 g/mol. The lowest BCUT2D eigenvalue weighted by Crippen LogP contribution is -2.20. The van der Waals surface area contributed by atoms with Crippen LogP contribution in [0.2, 0.25) is 0 Å². The number of halogens is 3. The highest BCUT2D eigenvalue weighted by Crippen LogP contribution is 2.39. The molecule has 1 aliphatic carbocycles. The van der Waals surface area contributed by atoms with Gasteiger partial charge in [0, 0.05) is 12.3 Å². The van der Waals surface area contributed by atoms with Gasteiger partial charge >= 0.3 is 6.18 Å². The Balaban J connectivity index is 1.92. The van der Waals surface area contributed by atoms with Crippen molar-refractivity contribution >= 4 is 11.6 Å². The van der Waals surface area contributed by atoms with Crippen LogP contribution in [0.25, 0.3) is 0 Å². The highest BCUT2D eigenvalue weighted by atomic mass is 19.4. The van der Waals surface area contributed by atoms with Crippen molar-refractivity contribution in [3.05, 3.63) is 69.8 Å². The molecule has 1 fully saturated rings. The summed E-state index contributed by atoms with van der Waals surface area (Å²) in [4.78, 5) is 26.0. The zero-order chi connectivity index (χ0) is 21.3. The van der Waals surface area contributed by atoms with Gasteiger partial charge in [-0.2, -0.15) is 13.2 Å². The molecule has 29 heavy (non-hydrogen) atoms. The fraction of sp³-hybridized carbons (Fsp3) is 0.417. The molecule has 5 heteroatoms. The normalized spacial score (nSPS) is 19.8. The molecule has 2 unspecified atom stereocenters. The zero-order valence-corrected chi connectivity index (χ0v) is 16.9. The highest BCUT2D eigenvalue weighted by Gasteiger charge is 2.43. The van der Waals surface area contributed by atoms with E-state index in [1.165, 1.54) is 6.07 Å². The number of carbonyl (C=O) groups is 2. The Morgan fingerprint density at radius 1 is 1.00 bits per heavy atom. The molecule has 2 atom stereocenters. The molecule has 2 nitrogen and oxygen atoms in total. The first kappa shape index (κ1) is 21.3. The molecular formula is C24H25F3O2. The number of hydrogen-bond acceptors (Lipinski definition) is 2. The van der Waals surface area contributed by atoms with E-state index < -0.39 is 23.6 Å². The monoisotopic (exact) mass is 402 g/mol. The van der Waals surface area contributed by atoms with Crippen LogP contribution in [-0.2, 0) is 35.0 Å². The molecule has 1 saturated carbocycles. The lowest BCUT2D eigenvalue weighted by atomic mass is 9.83. The Kier molecular flexibility index (Phi) is 5.97. The van der Waals surface area contributed by atoms with E-state index in [4.69, 9.17) is 0 Å². The van der Waals surface area contributed by atoms with Crippen LogP contribution in [0, 0.1) is 12.8 Å². The van der Waals surface area contributed by atoms with Crippen molar-refractivity contribution in [3.8, 4) is 0 Å². The first-order chi connectivity index (χ1) is 13.7. The van der Waals surface area contributed by atoms with E-state index >= 15 is 0 Å². The van der Waals surface area contributed by atoms with Crippen LogP contribution in [0.4, 0.5) is 13.2 Å². The average Bonchev–Trinajstić information content (AvgIpc) is 2.93. The largest absolute Gasteiger partial charge is 0.416 e. The predicted octanol–water partition coefficient (Wildman–Crippen LogP) is 5.62. The number of carbonyl (C=O) groups excluding carboxylic acids is 2. The minimum Gasteiger partial charge on any atom is -0.298 e. The minimum atomic E-state index is -4.43. The summed E-state index contributed by atoms with van der Waals surface area (Å²) in [6.45, 7) is 6.00. The van der Waals surface area contributed by atoms with Gasteiger partial charge in [0.2, 0.25) is 0 Å². The standard InChI is InChI=1S/C24H25F3O2/c1-4-16-9-14(3)10-17(5-2)21(16)22-20(28)13-18(23(22)29)11-15-7-6-8-19(12-15)24(25,26)27/h6-10,12,18,22H,4-5,11,13H2,1-3H3. The molecule has 154 valence electrons. The van der Waals surface area contributed by atoms with E-state index in [1.807, 2.05) is 32.9 Å². The zero-order valence-electron chi connectivity index (χ0n) is 16.9. The number of Topliss-reactive ketones (excluding diaryl/α,β-unsaturated/α-hetero) is 2. The summed E-state index contributed by atoms with van der Waals surface area (Å²) >= 11 is 0. The molecule has 0 heterocycles. The summed E-state index contributed by atoms with van der Waals surface area (Å²) < 4.78 is 38.9. The molecule has 0 amide bonds. The molecule has 3 rings (SSSR count). The van der Waals surface area contributed by atoms with Crippen LogP contribution in [0.1, 0.15) is 59.6 Å². The summed E-state index contributed by atoms with van der Waals surface area (Å²) in [5, 5.41) is 0. The minimum absolute atomic E-state index is 0.0833. The smallest absolute Gasteiger partial charge is 0.298 e. The molecule has 1 aliphatic rings. The van der Waals surface area contributed by atoms with Crippen molar-refractivity contribution < 1.29 is 22.8 Å². The SMILES string of the molecule is CCc1cc(C)cc(CC)c1C1C(=O)CC(Cc2cccc(C(F)(F)F)c2)C1=O. The van der Waals surface area contributed by atoms with Crippen LogP contribution in [0.3, 0.4) is 0 Å². The molecule has 0 N–H and O–H groups in total. The van der Waals surface area contributed by atoms with E-state index in [0.29, 0.717) is 5.56 Å². The topological polar surface area (TPSA) is 34.1 Å². The fourth-order valence-electron chi connectivity index (χ4n) is 4.40.